The van der Waals surface area contributed by atoms with Crippen molar-refractivity contribution in [1.82, 2.24) is 0 Å². The second-order valence-electron chi connectivity index (χ2n) is 5.92. The quantitative estimate of drug-likeness (QED) is 0.779. The summed E-state index contributed by atoms with van der Waals surface area (Å²) in [6.07, 6.45) is 0.794. The van der Waals surface area contributed by atoms with Crippen LogP contribution in [0.2, 0.25) is 18.1 Å². The number of hydrogen-bond acceptors (Lipinski definition) is 3. The van der Waals surface area contributed by atoms with E-state index in [9.17, 15) is 5.11 Å². The van der Waals surface area contributed by atoms with Crippen LogP contribution in [-0.4, -0.2) is 37.1 Å². The van der Waals surface area contributed by atoms with Gasteiger partial charge in [-0.05, 0) is 24.6 Å². The lowest BCUT2D eigenvalue weighted by Gasteiger charge is -2.36. The van der Waals surface area contributed by atoms with E-state index >= 15 is 0 Å². The molecule has 0 aliphatic carbocycles. The van der Waals surface area contributed by atoms with Crippen molar-refractivity contribution in [3.63, 3.8) is 0 Å². The molecule has 1 heterocycles. The average Bonchev–Trinajstić information content (AvgIpc) is 2.46. The number of aliphatic hydroxyl groups excluding tert-OH is 1. The van der Waals surface area contributed by atoms with Crippen LogP contribution in [0.5, 0.6) is 0 Å². The summed E-state index contributed by atoms with van der Waals surface area (Å²) in [6, 6.07) is 0. The number of rotatable bonds is 3. The Hall–Kier alpha value is 0.487. The standard InChI is InChI=1S/C11H24O2SSi/c1-11(2,3)15(4,5)13-7-10-6-9(12)8-14-10/h9-10,12H,6-8H2,1-5H3/t9-,10+/m0/s1. The van der Waals surface area contributed by atoms with Crippen molar-refractivity contribution in [2.45, 2.75) is 56.7 Å². The fraction of sp³-hybridized carbons (Fsp3) is 1.00. The Morgan fingerprint density at radius 2 is 2.00 bits per heavy atom. The highest BCUT2D eigenvalue weighted by atomic mass is 32.2. The van der Waals surface area contributed by atoms with Gasteiger partial charge in [0.05, 0.1) is 6.10 Å². The first kappa shape index (κ1) is 13.6. The molecule has 2 atom stereocenters. The van der Waals surface area contributed by atoms with Gasteiger partial charge >= 0.3 is 0 Å². The zero-order chi connectivity index (χ0) is 11.7. The van der Waals surface area contributed by atoms with E-state index < -0.39 is 8.32 Å². The molecule has 0 spiro atoms. The smallest absolute Gasteiger partial charge is 0.192 e. The topological polar surface area (TPSA) is 29.5 Å². The van der Waals surface area contributed by atoms with Crippen LogP contribution in [0.3, 0.4) is 0 Å². The molecular formula is C11H24O2SSi. The lowest BCUT2D eigenvalue weighted by molar-refractivity contribution is 0.185. The van der Waals surface area contributed by atoms with Crippen LogP contribution in [-0.2, 0) is 4.43 Å². The van der Waals surface area contributed by atoms with Crippen molar-refractivity contribution >= 4 is 20.1 Å². The zero-order valence-corrected chi connectivity index (χ0v) is 12.4. The minimum absolute atomic E-state index is 0.108. The number of hydrogen-bond donors (Lipinski definition) is 1. The second-order valence-corrected chi connectivity index (χ2v) is 12.1. The van der Waals surface area contributed by atoms with Gasteiger partial charge in [0.15, 0.2) is 8.32 Å². The first-order valence-corrected chi connectivity index (χ1v) is 9.62. The summed E-state index contributed by atoms with van der Waals surface area (Å²) in [4.78, 5) is 0. The van der Waals surface area contributed by atoms with Gasteiger partial charge < -0.3 is 9.53 Å². The highest BCUT2D eigenvalue weighted by Gasteiger charge is 2.38. The van der Waals surface area contributed by atoms with Gasteiger partial charge in [0.25, 0.3) is 0 Å². The average molecular weight is 248 g/mol. The van der Waals surface area contributed by atoms with Crippen molar-refractivity contribution in [2.24, 2.45) is 0 Å². The lowest BCUT2D eigenvalue weighted by Crippen LogP contribution is -2.42. The molecule has 0 bridgehead atoms. The monoisotopic (exact) mass is 248 g/mol. The van der Waals surface area contributed by atoms with Gasteiger partial charge in [0, 0.05) is 17.6 Å². The summed E-state index contributed by atoms with van der Waals surface area (Å²) in [5, 5.41) is 10.2. The van der Waals surface area contributed by atoms with Crippen molar-refractivity contribution in [1.29, 1.82) is 0 Å². The molecule has 0 aromatic heterocycles. The van der Waals surface area contributed by atoms with Gasteiger partial charge in [-0.25, -0.2) is 0 Å². The van der Waals surface area contributed by atoms with E-state index in [1.54, 1.807) is 0 Å². The molecule has 15 heavy (non-hydrogen) atoms. The van der Waals surface area contributed by atoms with E-state index in [2.05, 4.69) is 33.9 Å². The highest BCUT2D eigenvalue weighted by Crippen LogP contribution is 2.37. The predicted molar refractivity (Wildman–Crippen MR) is 70.0 cm³/mol. The molecule has 0 aromatic rings. The van der Waals surface area contributed by atoms with Gasteiger partial charge in [-0.3, -0.25) is 0 Å². The molecule has 2 nitrogen and oxygen atoms in total. The fourth-order valence-electron chi connectivity index (χ4n) is 1.32. The Labute approximate surface area is 98.9 Å². The first-order valence-electron chi connectivity index (χ1n) is 5.66. The third-order valence-electron chi connectivity index (χ3n) is 3.50. The first-order chi connectivity index (χ1) is 6.72. The van der Waals surface area contributed by atoms with E-state index in [0.717, 1.165) is 18.8 Å². The Balaban J connectivity index is 2.36. The Kier molecular flexibility index (Phi) is 4.32. The summed E-state index contributed by atoms with van der Waals surface area (Å²) in [6.45, 7) is 12.2. The van der Waals surface area contributed by atoms with E-state index in [-0.39, 0.29) is 11.1 Å². The van der Waals surface area contributed by atoms with Crippen molar-refractivity contribution in [3.8, 4) is 0 Å². The number of aliphatic hydroxyl groups is 1. The normalized spacial score (nSPS) is 28.4. The molecular weight excluding hydrogens is 224 g/mol. The van der Waals surface area contributed by atoms with Crippen LogP contribution in [0.1, 0.15) is 27.2 Å². The molecule has 90 valence electrons. The van der Waals surface area contributed by atoms with Gasteiger partial charge in [0.1, 0.15) is 0 Å². The van der Waals surface area contributed by atoms with Gasteiger partial charge in [0.2, 0.25) is 0 Å². The van der Waals surface area contributed by atoms with Crippen molar-refractivity contribution in [2.75, 3.05) is 12.4 Å². The van der Waals surface area contributed by atoms with Crippen LogP contribution in [0.4, 0.5) is 0 Å². The van der Waals surface area contributed by atoms with Gasteiger partial charge in [-0.1, -0.05) is 20.8 Å². The molecule has 1 aliphatic rings. The van der Waals surface area contributed by atoms with E-state index in [4.69, 9.17) is 4.43 Å². The maximum absolute atomic E-state index is 9.42. The molecule has 1 saturated heterocycles. The van der Waals surface area contributed by atoms with E-state index in [1.165, 1.54) is 0 Å². The minimum atomic E-state index is -1.59. The number of thioether (sulfide) groups is 1. The molecule has 0 aromatic carbocycles. The maximum Gasteiger partial charge on any atom is 0.192 e. The summed E-state index contributed by atoms with van der Waals surface area (Å²) in [7, 11) is -1.59. The molecule has 0 unspecified atom stereocenters. The molecule has 1 N–H and O–H groups in total. The summed E-state index contributed by atoms with van der Waals surface area (Å²) in [5.41, 5.74) is 0. The van der Waals surface area contributed by atoms with Crippen LogP contribution in [0.25, 0.3) is 0 Å². The van der Waals surface area contributed by atoms with Crippen LogP contribution < -0.4 is 0 Å². The molecule has 0 amide bonds. The molecule has 1 aliphatic heterocycles. The summed E-state index contributed by atoms with van der Waals surface area (Å²) < 4.78 is 6.13. The minimum Gasteiger partial charge on any atom is -0.416 e. The largest absolute Gasteiger partial charge is 0.416 e. The highest BCUT2D eigenvalue weighted by molar-refractivity contribution is 8.00. The maximum atomic E-state index is 9.42. The van der Waals surface area contributed by atoms with E-state index in [1.807, 2.05) is 11.8 Å². The molecule has 1 rings (SSSR count). The van der Waals surface area contributed by atoms with Crippen LogP contribution in [0, 0.1) is 0 Å². The van der Waals surface area contributed by atoms with Crippen LogP contribution in [0.15, 0.2) is 0 Å². The Morgan fingerprint density at radius 3 is 2.40 bits per heavy atom. The molecule has 1 fully saturated rings. The van der Waals surface area contributed by atoms with Gasteiger partial charge in [-0.15, -0.1) is 0 Å². The predicted octanol–water partition coefficient (Wildman–Crippen LogP) is 2.87. The van der Waals surface area contributed by atoms with Crippen molar-refractivity contribution in [3.05, 3.63) is 0 Å². The molecule has 4 heteroatoms. The SMILES string of the molecule is CC(C)(C)[Si](C)(C)OC[C@H]1C[C@H](O)CS1. The summed E-state index contributed by atoms with van der Waals surface area (Å²) >= 11 is 1.85. The molecule has 0 radical (unpaired) electrons. The molecule has 0 saturated carbocycles. The third-order valence-corrected chi connectivity index (χ3v) is 9.37. The van der Waals surface area contributed by atoms with Gasteiger partial charge in [-0.2, -0.15) is 11.8 Å². The lowest BCUT2D eigenvalue weighted by atomic mass is 10.2. The Bertz CT molecular complexity index is 213. The zero-order valence-electron chi connectivity index (χ0n) is 10.5. The van der Waals surface area contributed by atoms with Crippen molar-refractivity contribution < 1.29 is 9.53 Å². The fourth-order valence-corrected chi connectivity index (χ4v) is 3.65. The summed E-state index contributed by atoms with van der Waals surface area (Å²) in [5.74, 6) is 0.880. The third kappa shape index (κ3) is 3.77. The van der Waals surface area contributed by atoms with E-state index in [0.29, 0.717) is 5.25 Å². The second kappa shape index (κ2) is 4.78. The Morgan fingerprint density at radius 1 is 1.40 bits per heavy atom. The van der Waals surface area contributed by atoms with Crippen LogP contribution >= 0.6 is 11.8 Å².